The molecule has 6 nitrogen and oxygen atoms in total. The largest absolute Gasteiger partial charge is 0.421 e. The highest BCUT2D eigenvalue weighted by atomic mass is 35.5. The highest BCUT2D eigenvalue weighted by Crippen LogP contribution is 2.26. The minimum absolute atomic E-state index is 0.223. The summed E-state index contributed by atoms with van der Waals surface area (Å²) in [5, 5.41) is 0.549. The van der Waals surface area contributed by atoms with Crippen LogP contribution in [0.2, 0.25) is 5.02 Å². The molecule has 0 bridgehead atoms. The van der Waals surface area contributed by atoms with E-state index in [0.717, 1.165) is 44.5 Å². The Morgan fingerprint density at radius 2 is 1.85 bits per heavy atom. The standard InChI is InChI=1S/C19H24ClN3O3/c20-15-6-7-16-17(12-15)26-19(25)23(16)13-21-8-10-22(11-9-21)18(24)14-4-2-1-3-5-14/h6-7,12,14H,1-5,8-11,13H2. The summed E-state index contributed by atoms with van der Waals surface area (Å²) in [7, 11) is 0. The first-order chi connectivity index (χ1) is 12.6. The summed E-state index contributed by atoms with van der Waals surface area (Å²) in [4.78, 5) is 29.0. The van der Waals surface area contributed by atoms with Crippen LogP contribution in [0.15, 0.2) is 27.4 Å². The third kappa shape index (κ3) is 3.53. The van der Waals surface area contributed by atoms with Crippen molar-refractivity contribution >= 4 is 28.6 Å². The molecule has 0 radical (unpaired) electrons. The van der Waals surface area contributed by atoms with Crippen LogP contribution in [0.4, 0.5) is 0 Å². The molecule has 2 fully saturated rings. The lowest BCUT2D eigenvalue weighted by Gasteiger charge is -2.37. The normalized spacial score (nSPS) is 20.0. The molecule has 7 heteroatoms. The Morgan fingerprint density at radius 1 is 1.12 bits per heavy atom. The van der Waals surface area contributed by atoms with Crippen LogP contribution in [-0.4, -0.2) is 46.5 Å². The van der Waals surface area contributed by atoms with E-state index in [9.17, 15) is 9.59 Å². The van der Waals surface area contributed by atoms with Crippen molar-refractivity contribution in [1.82, 2.24) is 14.4 Å². The number of piperazine rings is 1. The fourth-order valence-electron chi connectivity index (χ4n) is 4.09. The molecule has 1 amide bonds. The molecule has 140 valence electrons. The maximum absolute atomic E-state index is 12.7. The molecule has 2 aromatic rings. The quantitative estimate of drug-likeness (QED) is 0.825. The van der Waals surface area contributed by atoms with Gasteiger partial charge in [-0.15, -0.1) is 0 Å². The number of amides is 1. The van der Waals surface area contributed by atoms with Crippen molar-refractivity contribution in [1.29, 1.82) is 0 Å². The van der Waals surface area contributed by atoms with Crippen molar-refractivity contribution in [2.24, 2.45) is 5.92 Å². The molecule has 0 spiro atoms. The zero-order chi connectivity index (χ0) is 18.1. The maximum atomic E-state index is 12.7. The molecule has 1 aliphatic heterocycles. The van der Waals surface area contributed by atoms with Crippen LogP contribution in [-0.2, 0) is 11.5 Å². The first-order valence-electron chi connectivity index (χ1n) is 9.42. The summed E-state index contributed by atoms with van der Waals surface area (Å²) in [5.74, 6) is 0.174. The summed E-state index contributed by atoms with van der Waals surface area (Å²) in [6.07, 6.45) is 5.69. The van der Waals surface area contributed by atoms with Crippen LogP contribution in [0.5, 0.6) is 0 Å². The van der Waals surface area contributed by atoms with Crippen molar-refractivity contribution in [3.63, 3.8) is 0 Å². The lowest BCUT2D eigenvalue weighted by Crippen LogP contribution is -2.51. The van der Waals surface area contributed by atoms with Gasteiger partial charge >= 0.3 is 5.76 Å². The fourth-order valence-corrected chi connectivity index (χ4v) is 4.25. The zero-order valence-corrected chi connectivity index (χ0v) is 15.6. The molecule has 0 unspecified atom stereocenters. The number of aromatic nitrogens is 1. The van der Waals surface area contributed by atoms with Crippen molar-refractivity contribution in [3.8, 4) is 0 Å². The van der Waals surface area contributed by atoms with Gasteiger partial charge < -0.3 is 9.32 Å². The minimum Gasteiger partial charge on any atom is -0.408 e. The van der Waals surface area contributed by atoms with Crippen molar-refractivity contribution in [2.45, 2.75) is 38.8 Å². The summed E-state index contributed by atoms with van der Waals surface area (Å²) < 4.78 is 6.92. The Morgan fingerprint density at radius 3 is 2.58 bits per heavy atom. The lowest BCUT2D eigenvalue weighted by molar-refractivity contribution is -0.138. The third-order valence-electron chi connectivity index (χ3n) is 5.61. The molecule has 26 heavy (non-hydrogen) atoms. The van der Waals surface area contributed by atoms with Crippen LogP contribution in [0.1, 0.15) is 32.1 Å². The Kier molecular flexibility index (Phi) is 5.05. The number of oxazole rings is 1. The van der Waals surface area contributed by atoms with Gasteiger partial charge in [-0.1, -0.05) is 30.9 Å². The molecular weight excluding hydrogens is 354 g/mol. The highest BCUT2D eigenvalue weighted by Gasteiger charge is 2.28. The van der Waals surface area contributed by atoms with E-state index in [1.807, 2.05) is 11.0 Å². The molecular formula is C19H24ClN3O3. The Hall–Kier alpha value is -1.79. The number of carbonyl (C=O) groups is 1. The smallest absolute Gasteiger partial charge is 0.408 e. The maximum Gasteiger partial charge on any atom is 0.421 e. The third-order valence-corrected chi connectivity index (χ3v) is 5.85. The second kappa shape index (κ2) is 7.45. The van der Waals surface area contributed by atoms with E-state index in [4.69, 9.17) is 16.0 Å². The van der Waals surface area contributed by atoms with Crippen LogP contribution >= 0.6 is 11.6 Å². The van der Waals surface area contributed by atoms with Gasteiger partial charge in [0, 0.05) is 43.2 Å². The van der Waals surface area contributed by atoms with Gasteiger partial charge in [-0.2, -0.15) is 0 Å². The van der Waals surface area contributed by atoms with Gasteiger partial charge in [-0.25, -0.2) is 4.79 Å². The predicted molar refractivity (Wildman–Crippen MR) is 100 cm³/mol. The number of nitrogens with zero attached hydrogens (tertiary/aromatic N) is 3. The highest BCUT2D eigenvalue weighted by molar-refractivity contribution is 6.31. The number of hydrogen-bond donors (Lipinski definition) is 0. The average Bonchev–Trinajstić information content (AvgIpc) is 2.97. The van der Waals surface area contributed by atoms with Gasteiger partial charge in [-0.05, 0) is 25.0 Å². The molecule has 1 aromatic carbocycles. The van der Waals surface area contributed by atoms with E-state index in [0.29, 0.717) is 23.2 Å². The zero-order valence-electron chi connectivity index (χ0n) is 14.8. The predicted octanol–water partition coefficient (Wildman–Crippen LogP) is 2.93. The van der Waals surface area contributed by atoms with Gasteiger partial charge in [0.2, 0.25) is 5.91 Å². The molecule has 2 heterocycles. The monoisotopic (exact) mass is 377 g/mol. The summed E-state index contributed by atoms with van der Waals surface area (Å²) >= 11 is 5.96. The van der Waals surface area contributed by atoms with Gasteiger partial charge in [0.05, 0.1) is 12.2 Å². The van der Waals surface area contributed by atoms with Crippen LogP contribution in [0.3, 0.4) is 0 Å². The second-order valence-electron chi connectivity index (χ2n) is 7.33. The molecule has 2 aliphatic rings. The molecule has 0 N–H and O–H groups in total. The van der Waals surface area contributed by atoms with E-state index in [1.165, 1.54) is 19.3 Å². The first-order valence-corrected chi connectivity index (χ1v) is 9.79. The van der Waals surface area contributed by atoms with Crippen molar-refractivity contribution in [3.05, 3.63) is 33.8 Å². The molecule has 1 aromatic heterocycles. The molecule has 0 atom stereocenters. The van der Waals surface area contributed by atoms with Crippen LogP contribution in [0.25, 0.3) is 11.1 Å². The van der Waals surface area contributed by atoms with E-state index >= 15 is 0 Å². The van der Waals surface area contributed by atoms with E-state index in [-0.39, 0.29) is 11.7 Å². The molecule has 1 saturated heterocycles. The Labute approximate surface area is 157 Å². The topological polar surface area (TPSA) is 58.7 Å². The Balaban J connectivity index is 1.39. The number of hydrogen-bond acceptors (Lipinski definition) is 4. The fraction of sp³-hybridized carbons (Fsp3) is 0.579. The van der Waals surface area contributed by atoms with Gasteiger partial charge in [0.1, 0.15) is 0 Å². The van der Waals surface area contributed by atoms with Gasteiger partial charge in [-0.3, -0.25) is 14.3 Å². The Bertz CT molecular complexity index is 845. The van der Waals surface area contributed by atoms with Gasteiger partial charge in [0.15, 0.2) is 5.58 Å². The summed E-state index contributed by atoms with van der Waals surface area (Å²) in [6.45, 7) is 3.46. The number of carbonyl (C=O) groups excluding carboxylic acids is 1. The first kappa shape index (κ1) is 17.6. The van der Waals surface area contributed by atoms with Crippen molar-refractivity contribution in [2.75, 3.05) is 26.2 Å². The number of benzene rings is 1. The van der Waals surface area contributed by atoms with Crippen LogP contribution in [0, 0.1) is 5.92 Å². The minimum atomic E-state index is -0.372. The lowest BCUT2D eigenvalue weighted by atomic mass is 9.88. The van der Waals surface area contributed by atoms with Crippen LogP contribution < -0.4 is 5.76 Å². The van der Waals surface area contributed by atoms with E-state index < -0.39 is 0 Å². The van der Waals surface area contributed by atoms with Crippen molar-refractivity contribution < 1.29 is 9.21 Å². The van der Waals surface area contributed by atoms with Gasteiger partial charge in [0.25, 0.3) is 0 Å². The molecule has 1 saturated carbocycles. The number of halogens is 1. The average molecular weight is 378 g/mol. The summed E-state index contributed by atoms with van der Waals surface area (Å²) in [6, 6.07) is 5.23. The second-order valence-corrected chi connectivity index (χ2v) is 7.76. The molecule has 1 aliphatic carbocycles. The number of fused-ring (bicyclic) bond motifs is 1. The molecule has 4 rings (SSSR count). The summed E-state index contributed by atoms with van der Waals surface area (Å²) in [5.41, 5.74) is 1.26. The van der Waals surface area contributed by atoms with E-state index in [1.54, 1.807) is 16.7 Å². The number of rotatable bonds is 3. The SMILES string of the molecule is O=C(C1CCCCC1)N1CCN(Cn2c(=O)oc3cc(Cl)ccc32)CC1. The van der Waals surface area contributed by atoms with E-state index in [2.05, 4.69) is 4.90 Å².